The lowest BCUT2D eigenvalue weighted by molar-refractivity contribution is 0.0366. The van der Waals surface area contributed by atoms with Gasteiger partial charge in [-0.25, -0.2) is 0 Å². The monoisotopic (exact) mass is 277 g/mol. The third-order valence-electron chi connectivity index (χ3n) is 3.66. The molecule has 0 bridgehead atoms. The predicted octanol–water partition coefficient (Wildman–Crippen LogP) is 1.12. The number of amides is 1. The van der Waals surface area contributed by atoms with Gasteiger partial charge in [0, 0.05) is 30.9 Å². The van der Waals surface area contributed by atoms with Crippen LogP contribution < -0.4 is 16.4 Å². The van der Waals surface area contributed by atoms with Gasteiger partial charge < -0.3 is 21.1 Å². The van der Waals surface area contributed by atoms with Crippen LogP contribution in [0.3, 0.4) is 0 Å². The van der Waals surface area contributed by atoms with E-state index < -0.39 is 0 Å². The molecule has 0 atom stereocenters. The molecule has 1 aromatic carbocycles. The molecular formula is C15H23N3O2. The number of hydrogen-bond donors (Lipinski definition) is 2. The highest BCUT2D eigenvalue weighted by molar-refractivity contribution is 5.93. The van der Waals surface area contributed by atoms with Crippen LogP contribution in [0.15, 0.2) is 24.3 Å². The third kappa shape index (κ3) is 3.95. The van der Waals surface area contributed by atoms with E-state index in [1.807, 2.05) is 12.1 Å². The molecule has 0 saturated carbocycles. The lowest BCUT2D eigenvalue weighted by atomic mass is 10.1. The number of carbonyl (C=O) groups excluding carboxylic acids is 1. The third-order valence-corrected chi connectivity index (χ3v) is 3.66. The number of ether oxygens (including phenoxy) is 1. The van der Waals surface area contributed by atoms with Gasteiger partial charge in [-0.1, -0.05) is 0 Å². The van der Waals surface area contributed by atoms with Gasteiger partial charge in [-0.15, -0.1) is 0 Å². The van der Waals surface area contributed by atoms with Crippen LogP contribution in [0.5, 0.6) is 0 Å². The molecule has 2 rings (SSSR count). The molecule has 1 aliphatic heterocycles. The molecule has 0 aliphatic carbocycles. The lowest BCUT2D eigenvalue weighted by Crippen LogP contribution is -2.37. The van der Waals surface area contributed by atoms with Gasteiger partial charge in [0.15, 0.2) is 0 Å². The number of primary amides is 1. The van der Waals surface area contributed by atoms with Gasteiger partial charge in [-0.3, -0.25) is 4.79 Å². The summed E-state index contributed by atoms with van der Waals surface area (Å²) in [6, 6.07) is 7.47. The first-order chi connectivity index (χ1) is 9.70. The van der Waals surface area contributed by atoms with Crippen LogP contribution in [0.25, 0.3) is 0 Å². The molecule has 0 spiro atoms. The van der Waals surface area contributed by atoms with Gasteiger partial charge >= 0.3 is 0 Å². The average molecular weight is 277 g/mol. The highest BCUT2D eigenvalue weighted by atomic mass is 16.5. The van der Waals surface area contributed by atoms with E-state index in [1.54, 1.807) is 12.1 Å². The van der Waals surface area contributed by atoms with Crippen LogP contribution in [0.1, 0.15) is 29.6 Å². The number of carbonyl (C=O) groups is 1. The SMILES string of the molecule is NCCCOC1CCN(c2ccc(C(N)=O)cc2)CC1. The Morgan fingerprint density at radius 1 is 1.25 bits per heavy atom. The molecule has 1 aliphatic rings. The Hall–Kier alpha value is -1.59. The van der Waals surface area contributed by atoms with Gasteiger partial charge in [-0.2, -0.15) is 0 Å². The second-order valence-corrected chi connectivity index (χ2v) is 5.11. The van der Waals surface area contributed by atoms with Crippen LogP contribution in [-0.4, -0.2) is 38.3 Å². The summed E-state index contributed by atoms with van der Waals surface area (Å²) in [7, 11) is 0. The van der Waals surface area contributed by atoms with Crippen molar-refractivity contribution in [2.75, 3.05) is 31.1 Å². The van der Waals surface area contributed by atoms with Gasteiger partial charge in [-0.05, 0) is 50.1 Å². The predicted molar refractivity (Wildman–Crippen MR) is 79.8 cm³/mol. The maximum Gasteiger partial charge on any atom is 0.248 e. The normalized spacial score (nSPS) is 16.4. The van der Waals surface area contributed by atoms with Crippen LogP contribution >= 0.6 is 0 Å². The summed E-state index contributed by atoms with van der Waals surface area (Å²) in [4.78, 5) is 13.4. The first-order valence-corrected chi connectivity index (χ1v) is 7.17. The van der Waals surface area contributed by atoms with Crippen molar-refractivity contribution < 1.29 is 9.53 Å². The summed E-state index contributed by atoms with van der Waals surface area (Å²) in [6.07, 6.45) is 3.33. The second-order valence-electron chi connectivity index (χ2n) is 5.11. The zero-order valence-electron chi connectivity index (χ0n) is 11.8. The minimum atomic E-state index is -0.386. The van der Waals surface area contributed by atoms with Crippen molar-refractivity contribution in [2.24, 2.45) is 11.5 Å². The Morgan fingerprint density at radius 3 is 2.45 bits per heavy atom. The van der Waals surface area contributed by atoms with Crippen LogP contribution in [0.4, 0.5) is 5.69 Å². The standard InChI is InChI=1S/C15H23N3O2/c16-8-1-11-20-14-6-9-18(10-7-14)13-4-2-12(3-5-13)15(17)19/h2-5,14H,1,6-11,16H2,(H2,17,19). The largest absolute Gasteiger partial charge is 0.378 e. The van der Waals surface area contributed by atoms with E-state index in [0.29, 0.717) is 18.2 Å². The molecule has 1 amide bonds. The molecule has 0 unspecified atom stereocenters. The topological polar surface area (TPSA) is 81.6 Å². The molecule has 0 radical (unpaired) electrons. The quantitative estimate of drug-likeness (QED) is 0.763. The second kappa shape index (κ2) is 7.26. The van der Waals surface area contributed by atoms with E-state index in [0.717, 1.165) is 44.6 Å². The molecule has 110 valence electrons. The van der Waals surface area contributed by atoms with E-state index in [-0.39, 0.29) is 5.91 Å². The number of rotatable bonds is 6. The molecule has 5 nitrogen and oxygen atoms in total. The van der Waals surface area contributed by atoms with Crippen LogP contribution in [0.2, 0.25) is 0 Å². The first-order valence-electron chi connectivity index (χ1n) is 7.17. The van der Waals surface area contributed by atoms with Crippen molar-refractivity contribution in [1.29, 1.82) is 0 Å². The minimum Gasteiger partial charge on any atom is -0.378 e. The fourth-order valence-electron chi connectivity index (χ4n) is 2.45. The Bertz CT molecular complexity index is 425. The molecule has 1 saturated heterocycles. The number of nitrogens with zero attached hydrogens (tertiary/aromatic N) is 1. The molecule has 1 heterocycles. The van der Waals surface area contributed by atoms with Crippen molar-refractivity contribution in [3.8, 4) is 0 Å². The van der Waals surface area contributed by atoms with Gasteiger partial charge in [0.2, 0.25) is 5.91 Å². The van der Waals surface area contributed by atoms with Crippen molar-refractivity contribution in [3.05, 3.63) is 29.8 Å². The lowest BCUT2D eigenvalue weighted by Gasteiger charge is -2.33. The summed E-state index contributed by atoms with van der Waals surface area (Å²) >= 11 is 0. The summed E-state index contributed by atoms with van der Waals surface area (Å²) in [5.74, 6) is -0.386. The zero-order valence-corrected chi connectivity index (χ0v) is 11.8. The molecular weight excluding hydrogens is 254 g/mol. The maximum absolute atomic E-state index is 11.0. The molecule has 5 heteroatoms. The van der Waals surface area contributed by atoms with E-state index in [1.165, 1.54) is 0 Å². The number of piperidine rings is 1. The van der Waals surface area contributed by atoms with E-state index in [9.17, 15) is 4.79 Å². The van der Waals surface area contributed by atoms with Gasteiger partial charge in [0.05, 0.1) is 6.10 Å². The van der Waals surface area contributed by atoms with Crippen molar-refractivity contribution in [1.82, 2.24) is 0 Å². The van der Waals surface area contributed by atoms with E-state index in [2.05, 4.69) is 4.90 Å². The van der Waals surface area contributed by atoms with Crippen LogP contribution in [0, 0.1) is 0 Å². The maximum atomic E-state index is 11.0. The smallest absolute Gasteiger partial charge is 0.248 e. The highest BCUT2D eigenvalue weighted by Gasteiger charge is 2.19. The molecule has 1 fully saturated rings. The number of benzene rings is 1. The minimum absolute atomic E-state index is 0.350. The van der Waals surface area contributed by atoms with Crippen molar-refractivity contribution in [3.63, 3.8) is 0 Å². The molecule has 0 aromatic heterocycles. The van der Waals surface area contributed by atoms with Crippen molar-refractivity contribution >= 4 is 11.6 Å². The molecule has 20 heavy (non-hydrogen) atoms. The highest BCUT2D eigenvalue weighted by Crippen LogP contribution is 2.21. The Morgan fingerprint density at radius 2 is 1.90 bits per heavy atom. The van der Waals surface area contributed by atoms with E-state index in [4.69, 9.17) is 16.2 Å². The Kier molecular flexibility index (Phi) is 5.38. The summed E-state index contributed by atoms with van der Waals surface area (Å²) in [5, 5.41) is 0. The Balaban J connectivity index is 1.82. The van der Waals surface area contributed by atoms with Gasteiger partial charge in [0.25, 0.3) is 0 Å². The fourth-order valence-corrected chi connectivity index (χ4v) is 2.45. The molecule has 4 N–H and O–H groups in total. The number of nitrogens with two attached hydrogens (primary N) is 2. The summed E-state index contributed by atoms with van der Waals surface area (Å²) < 4.78 is 5.79. The first kappa shape index (κ1) is 14.8. The summed E-state index contributed by atoms with van der Waals surface area (Å²) in [6.45, 7) is 3.39. The summed E-state index contributed by atoms with van der Waals surface area (Å²) in [5.41, 5.74) is 12.4. The van der Waals surface area contributed by atoms with Crippen molar-refractivity contribution in [2.45, 2.75) is 25.4 Å². The number of hydrogen-bond acceptors (Lipinski definition) is 4. The fraction of sp³-hybridized carbons (Fsp3) is 0.533. The Labute approximate surface area is 119 Å². The zero-order chi connectivity index (χ0) is 14.4. The number of anilines is 1. The molecule has 1 aromatic rings. The average Bonchev–Trinajstić information content (AvgIpc) is 2.48. The van der Waals surface area contributed by atoms with E-state index >= 15 is 0 Å². The van der Waals surface area contributed by atoms with Gasteiger partial charge in [0.1, 0.15) is 0 Å². The van der Waals surface area contributed by atoms with Crippen LogP contribution in [-0.2, 0) is 4.74 Å².